The molecule has 1 unspecified atom stereocenters. The molecular weight excluding hydrogens is 256 g/mol. The van der Waals surface area contributed by atoms with E-state index in [0.29, 0.717) is 0 Å². The third-order valence-electron chi connectivity index (χ3n) is 4.02. The topological polar surface area (TPSA) is 67.4 Å². The van der Waals surface area contributed by atoms with Crippen LogP contribution < -0.4 is 10.6 Å². The summed E-state index contributed by atoms with van der Waals surface area (Å²) in [6.45, 7) is 3.65. The normalized spacial score (nSPS) is 25.8. The van der Waals surface area contributed by atoms with Gasteiger partial charge in [0.1, 0.15) is 6.04 Å². The highest BCUT2D eigenvalue weighted by Gasteiger charge is 2.57. The van der Waals surface area contributed by atoms with Crippen LogP contribution >= 0.6 is 12.4 Å². The number of carbonyl (C=O) groups excluding carboxylic acids is 2. The smallest absolute Gasteiger partial charge is 0.328 e. The van der Waals surface area contributed by atoms with Crippen LogP contribution in [-0.2, 0) is 14.3 Å². The van der Waals surface area contributed by atoms with E-state index in [9.17, 15) is 9.59 Å². The molecule has 0 radical (unpaired) electrons. The number of carbonyl (C=O) groups is 2. The number of nitrogens with one attached hydrogen (secondary N) is 2. The third kappa shape index (κ3) is 2.95. The number of hydrogen-bond donors (Lipinski definition) is 2. The Morgan fingerprint density at radius 2 is 2.00 bits per heavy atom. The summed E-state index contributed by atoms with van der Waals surface area (Å²) in [6.07, 6.45) is 3.10. The van der Waals surface area contributed by atoms with Crippen molar-refractivity contribution in [1.82, 2.24) is 10.6 Å². The lowest BCUT2D eigenvalue weighted by atomic mass is 9.91. The highest BCUT2D eigenvalue weighted by Crippen LogP contribution is 2.58. The largest absolute Gasteiger partial charge is 0.467 e. The van der Waals surface area contributed by atoms with Crippen LogP contribution in [-0.4, -0.2) is 38.1 Å². The number of rotatable bonds is 3. The zero-order valence-corrected chi connectivity index (χ0v) is 11.6. The van der Waals surface area contributed by atoms with E-state index >= 15 is 0 Å². The fraction of sp³-hybridized carbons (Fsp3) is 0.833. The Morgan fingerprint density at radius 3 is 2.56 bits per heavy atom. The number of amides is 1. The van der Waals surface area contributed by atoms with Gasteiger partial charge in [0.15, 0.2) is 0 Å². The van der Waals surface area contributed by atoms with Crippen LogP contribution in [0.1, 0.15) is 26.2 Å². The Labute approximate surface area is 113 Å². The van der Waals surface area contributed by atoms with Crippen molar-refractivity contribution < 1.29 is 14.3 Å². The molecule has 0 bridgehead atoms. The van der Waals surface area contributed by atoms with Crippen molar-refractivity contribution in [3.63, 3.8) is 0 Å². The molecule has 0 aromatic heterocycles. The summed E-state index contributed by atoms with van der Waals surface area (Å²) in [6, 6.07) is -0.549. The van der Waals surface area contributed by atoms with Gasteiger partial charge in [0.05, 0.1) is 7.11 Å². The molecule has 1 aliphatic heterocycles. The maximum atomic E-state index is 12.0. The third-order valence-corrected chi connectivity index (χ3v) is 4.02. The molecule has 2 fully saturated rings. The zero-order valence-electron chi connectivity index (χ0n) is 10.8. The minimum atomic E-state index is -0.549. The Balaban J connectivity index is 0.00000162. The van der Waals surface area contributed by atoms with Gasteiger partial charge in [-0.2, -0.15) is 0 Å². The van der Waals surface area contributed by atoms with Crippen LogP contribution in [0.5, 0.6) is 0 Å². The van der Waals surface area contributed by atoms with Crippen LogP contribution in [0, 0.1) is 11.3 Å². The van der Waals surface area contributed by atoms with Crippen LogP contribution in [0.15, 0.2) is 0 Å². The first-order valence-corrected chi connectivity index (χ1v) is 6.18. The Hall–Kier alpha value is -0.810. The van der Waals surface area contributed by atoms with Gasteiger partial charge in [0.2, 0.25) is 5.91 Å². The molecule has 1 saturated carbocycles. The minimum Gasteiger partial charge on any atom is -0.467 e. The molecular formula is C12H21ClN2O3. The van der Waals surface area contributed by atoms with E-state index in [0.717, 1.165) is 32.4 Å². The first-order valence-electron chi connectivity index (χ1n) is 6.18. The summed E-state index contributed by atoms with van der Waals surface area (Å²) in [5.74, 6) is -0.292. The number of esters is 1. The summed E-state index contributed by atoms with van der Waals surface area (Å²) >= 11 is 0. The predicted octanol–water partition coefficient (Wildman–Crippen LogP) is 0.476. The monoisotopic (exact) mass is 276 g/mol. The van der Waals surface area contributed by atoms with E-state index in [-0.39, 0.29) is 29.6 Å². The summed E-state index contributed by atoms with van der Waals surface area (Å²) < 4.78 is 4.59. The van der Waals surface area contributed by atoms with E-state index in [1.54, 1.807) is 6.92 Å². The van der Waals surface area contributed by atoms with Crippen molar-refractivity contribution in [2.45, 2.75) is 32.2 Å². The average Bonchev–Trinajstić information content (AvgIpc) is 3.02. The molecule has 1 amide bonds. The zero-order chi connectivity index (χ0) is 12.5. The standard InChI is InChI=1S/C12H20N2O3.ClH/c1-8(11(16)17-2)14-10(15)9-7-12(9)3-5-13-6-4-12;/h8-9,13H,3-7H2,1-2H3,(H,14,15);1H/t8-,9?;/m1./s1. The quantitative estimate of drug-likeness (QED) is 0.736. The molecule has 1 aliphatic carbocycles. The van der Waals surface area contributed by atoms with Crippen LogP contribution in [0.25, 0.3) is 0 Å². The van der Waals surface area contributed by atoms with E-state index in [1.165, 1.54) is 7.11 Å². The number of hydrogen-bond acceptors (Lipinski definition) is 4. The fourth-order valence-corrected chi connectivity index (χ4v) is 2.75. The lowest BCUT2D eigenvalue weighted by molar-refractivity contribution is -0.144. The van der Waals surface area contributed by atoms with Gasteiger partial charge < -0.3 is 15.4 Å². The second-order valence-corrected chi connectivity index (χ2v) is 5.12. The van der Waals surface area contributed by atoms with Gasteiger partial charge >= 0.3 is 5.97 Å². The first-order chi connectivity index (χ1) is 8.09. The van der Waals surface area contributed by atoms with Gasteiger partial charge in [-0.05, 0) is 44.7 Å². The summed E-state index contributed by atoms with van der Waals surface area (Å²) in [5, 5.41) is 6.03. The Bertz CT molecular complexity index is 329. The van der Waals surface area contributed by atoms with Crippen molar-refractivity contribution in [3.05, 3.63) is 0 Å². The summed E-state index contributed by atoms with van der Waals surface area (Å²) in [7, 11) is 1.33. The molecule has 6 heteroatoms. The molecule has 2 N–H and O–H groups in total. The SMILES string of the molecule is COC(=O)[C@@H](C)NC(=O)C1CC12CCNCC2.Cl. The highest BCUT2D eigenvalue weighted by molar-refractivity contribution is 5.87. The molecule has 2 rings (SSSR count). The summed E-state index contributed by atoms with van der Waals surface area (Å²) in [4.78, 5) is 23.2. The van der Waals surface area contributed by atoms with E-state index in [1.807, 2.05) is 0 Å². The molecule has 2 atom stereocenters. The molecule has 5 nitrogen and oxygen atoms in total. The predicted molar refractivity (Wildman–Crippen MR) is 69.5 cm³/mol. The van der Waals surface area contributed by atoms with E-state index in [4.69, 9.17) is 0 Å². The summed E-state index contributed by atoms with van der Waals surface area (Å²) in [5.41, 5.74) is 0.213. The van der Waals surface area contributed by atoms with Gasteiger partial charge in [-0.15, -0.1) is 12.4 Å². The van der Waals surface area contributed by atoms with Gasteiger partial charge in [-0.3, -0.25) is 4.79 Å². The molecule has 0 aromatic rings. The van der Waals surface area contributed by atoms with E-state index < -0.39 is 12.0 Å². The van der Waals surface area contributed by atoms with Crippen molar-refractivity contribution in [2.24, 2.45) is 11.3 Å². The average molecular weight is 277 g/mol. The Morgan fingerprint density at radius 1 is 1.39 bits per heavy atom. The molecule has 2 aliphatic rings. The molecule has 1 saturated heterocycles. The second-order valence-electron chi connectivity index (χ2n) is 5.12. The lowest BCUT2D eigenvalue weighted by Crippen LogP contribution is -2.41. The van der Waals surface area contributed by atoms with Crippen molar-refractivity contribution in [2.75, 3.05) is 20.2 Å². The van der Waals surface area contributed by atoms with Gasteiger partial charge in [0, 0.05) is 5.92 Å². The van der Waals surface area contributed by atoms with Gasteiger partial charge in [-0.1, -0.05) is 0 Å². The number of methoxy groups -OCH3 is 1. The van der Waals surface area contributed by atoms with Crippen molar-refractivity contribution in [3.8, 4) is 0 Å². The number of halogens is 1. The number of ether oxygens (including phenoxy) is 1. The van der Waals surface area contributed by atoms with Crippen molar-refractivity contribution >= 4 is 24.3 Å². The van der Waals surface area contributed by atoms with Crippen LogP contribution in [0.3, 0.4) is 0 Å². The van der Waals surface area contributed by atoms with Gasteiger partial charge in [0.25, 0.3) is 0 Å². The maximum Gasteiger partial charge on any atom is 0.328 e. The van der Waals surface area contributed by atoms with Crippen LogP contribution in [0.2, 0.25) is 0 Å². The molecule has 104 valence electrons. The molecule has 1 spiro atoms. The fourth-order valence-electron chi connectivity index (χ4n) is 2.75. The maximum absolute atomic E-state index is 12.0. The number of piperidine rings is 1. The minimum absolute atomic E-state index is 0. The Kier molecular flexibility index (Phi) is 4.99. The first kappa shape index (κ1) is 15.2. The lowest BCUT2D eigenvalue weighted by Gasteiger charge is -2.23. The molecule has 1 heterocycles. The van der Waals surface area contributed by atoms with Crippen molar-refractivity contribution in [1.29, 1.82) is 0 Å². The highest BCUT2D eigenvalue weighted by atomic mass is 35.5. The van der Waals surface area contributed by atoms with E-state index in [2.05, 4.69) is 15.4 Å². The molecule has 18 heavy (non-hydrogen) atoms. The molecule has 0 aromatic carbocycles. The van der Waals surface area contributed by atoms with Crippen LogP contribution in [0.4, 0.5) is 0 Å². The second kappa shape index (κ2) is 5.89. The van der Waals surface area contributed by atoms with Gasteiger partial charge in [-0.25, -0.2) is 4.79 Å².